The highest BCUT2D eigenvalue weighted by Gasteiger charge is 2.61. The van der Waals surface area contributed by atoms with Gasteiger partial charge in [-0.05, 0) is 41.6 Å². The maximum Gasteiger partial charge on any atom is 0.229 e. The molecule has 2 aromatic rings. The van der Waals surface area contributed by atoms with E-state index in [1.54, 1.807) is 0 Å². The van der Waals surface area contributed by atoms with Crippen LogP contribution in [0.5, 0.6) is 0 Å². The second-order valence-electron chi connectivity index (χ2n) is 11.4. The predicted octanol–water partition coefficient (Wildman–Crippen LogP) is 4.49. The lowest BCUT2D eigenvalue weighted by Gasteiger charge is -2.40. The topological polar surface area (TPSA) is 47.5 Å². The third kappa shape index (κ3) is 4.07. The monoisotopic (exact) mass is 448 g/mol. The quantitative estimate of drug-likeness (QED) is 0.703. The second kappa shape index (κ2) is 8.46. The first-order chi connectivity index (χ1) is 15.8. The molecule has 1 saturated heterocycles. The van der Waals surface area contributed by atoms with Crippen molar-refractivity contribution in [2.24, 2.45) is 16.7 Å². The van der Waals surface area contributed by atoms with Gasteiger partial charge in [0.2, 0.25) is 5.95 Å². The minimum absolute atomic E-state index is 0.324. The van der Waals surface area contributed by atoms with Gasteiger partial charge in [-0.2, -0.15) is 9.97 Å². The van der Waals surface area contributed by atoms with E-state index in [-0.39, 0.29) is 0 Å². The lowest BCUT2D eigenvalue weighted by molar-refractivity contribution is 0.142. The van der Waals surface area contributed by atoms with Crippen molar-refractivity contribution in [3.8, 4) is 0 Å². The Morgan fingerprint density at radius 3 is 2.36 bits per heavy atom. The Hall–Kier alpha value is -2.34. The molecule has 3 aliphatic rings. The zero-order chi connectivity index (χ0) is 23.2. The molecule has 0 radical (unpaired) electrons. The third-order valence-corrected chi connectivity index (χ3v) is 9.18. The maximum absolute atomic E-state index is 5.03. The van der Waals surface area contributed by atoms with Crippen molar-refractivity contribution in [1.82, 2.24) is 14.9 Å². The number of hydrogen-bond acceptors (Lipinski definition) is 6. The summed E-state index contributed by atoms with van der Waals surface area (Å²) in [5.74, 6) is 3.62. The predicted molar refractivity (Wildman–Crippen MR) is 137 cm³/mol. The zero-order valence-corrected chi connectivity index (χ0v) is 21.0. The Labute approximate surface area is 199 Å². The van der Waals surface area contributed by atoms with E-state index < -0.39 is 0 Å². The van der Waals surface area contributed by atoms with Crippen molar-refractivity contribution >= 4 is 17.6 Å². The Kier molecular flexibility index (Phi) is 5.76. The molecule has 3 unspecified atom stereocenters. The van der Waals surface area contributed by atoms with Gasteiger partial charge in [0.25, 0.3) is 0 Å². The van der Waals surface area contributed by atoms with Gasteiger partial charge in [0.15, 0.2) is 0 Å². The highest BCUT2D eigenvalue weighted by atomic mass is 15.3. The molecule has 1 aliphatic heterocycles. The van der Waals surface area contributed by atoms with Gasteiger partial charge in [-0.3, -0.25) is 4.90 Å². The molecule has 1 aromatic heterocycles. The highest BCUT2D eigenvalue weighted by molar-refractivity contribution is 5.54. The lowest BCUT2D eigenvalue weighted by atomic mass is 9.69. The number of nitrogens with one attached hydrogen (secondary N) is 1. The minimum Gasteiger partial charge on any atom is -0.367 e. The van der Waals surface area contributed by atoms with Crippen LogP contribution < -0.4 is 15.1 Å². The first kappa shape index (κ1) is 22.5. The third-order valence-electron chi connectivity index (χ3n) is 9.18. The van der Waals surface area contributed by atoms with Crippen molar-refractivity contribution in [2.75, 3.05) is 55.4 Å². The largest absolute Gasteiger partial charge is 0.367 e. The molecule has 0 spiro atoms. The first-order valence-corrected chi connectivity index (χ1v) is 12.6. The number of aromatic nitrogens is 2. The second-order valence-corrected chi connectivity index (χ2v) is 11.4. The van der Waals surface area contributed by atoms with Gasteiger partial charge in [0.1, 0.15) is 11.6 Å². The van der Waals surface area contributed by atoms with Gasteiger partial charge >= 0.3 is 0 Å². The Morgan fingerprint density at radius 2 is 1.76 bits per heavy atom. The van der Waals surface area contributed by atoms with E-state index in [9.17, 15) is 0 Å². The molecule has 178 valence electrons. The summed E-state index contributed by atoms with van der Waals surface area (Å²) in [6.45, 7) is 12.4. The number of benzene rings is 1. The molecule has 2 heterocycles. The number of hydrogen-bond donors (Lipinski definition) is 1. The summed E-state index contributed by atoms with van der Waals surface area (Å²) >= 11 is 0. The van der Waals surface area contributed by atoms with E-state index in [2.05, 4.69) is 91.3 Å². The van der Waals surface area contributed by atoms with E-state index in [0.717, 1.165) is 56.2 Å². The van der Waals surface area contributed by atoms with Crippen LogP contribution in [0.3, 0.4) is 0 Å². The molecule has 1 N–H and O–H groups in total. The zero-order valence-electron chi connectivity index (χ0n) is 21.0. The fourth-order valence-electron chi connectivity index (χ4n) is 6.41. The SMILES string of the molecule is CN(C)c1cc(NC2CC3CCC2(C)C3(C)C)nc(N2CCN(Cc3ccccc3)CC2)n1. The molecule has 6 heteroatoms. The van der Waals surface area contributed by atoms with Gasteiger partial charge in [0.05, 0.1) is 0 Å². The van der Waals surface area contributed by atoms with Crippen molar-refractivity contribution in [1.29, 1.82) is 0 Å². The molecule has 6 nitrogen and oxygen atoms in total. The van der Waals surface area contributed by atoms with E-state index in [0.29, 0.717) is 16.9 Å². The Morgan fingerprint density at radius 1 is 1.03 bits per heavy atom. The van der Waals surface area contributed by atoms with Gasteiger partial charge in [0, 0.05) is 58.9 Å². The molecule has 0 amide bonds. The molecule has 2 bridgehead atoms. The van der Waals surface area contributed by atoms with Gasteiger partial charge in [-0.25, -0.2) is 0 Å². The standard InChI is InChI=1S/C27H40N6/c1-26(2)21-11-12-27(26,3)22(17-21)28-23-18-24(31(4)5)30-25(29-23)33-15-13-32(14-16-33)19-20-9-7-6-8-10-20/h6-10,18,21-22H,11-17,19H2,1-5H3,(H,28,29,30). The maximum atomic E-state index is 5.03. The number of nitrogens with zero attached hydrogens (tertiary/aromatic N) is 5. The van der Waals surface area contributed by atoms with Crippen LogP contribution in [0.15, 0.2) is 36.4 Å². The smallest absolute Gasteiger partial charge is 0.229 e. The normalized spacial score (nSPS) is 28.8. The molecule has 5 rings (SSSR count). The number of fused-ring (bicyclic) bond motifs is 2. The van der Waals surface area contributed by atoms with Crippen LogP contribution in [0.25, 0.3) is 0 Å². The Balaban J connectivity index is 1.30. The Bertz CT molecular complexity index is 966. The van der Waals surface area contributed by atoms with E-state index >= 15 is 0 Å². The van der Waals surface area contributed by atoms with Crippen LogP contribution in [0.1, 0.15) is 45.6 Å². The van der Waals surface area contributed by atoms with Crippen LogP contribution in [0.2, 0.25) is 0 Å². The van der Waals surface area contributed by atoms with Crippen LogP contribution in [-0.2, 0) is 6.54 Å². The minimum atomic E-state index is 0.324. The average molecular weight is 449 g/mol. The molecule has 3 atom stereocenters. The summed E-state index contributed by atoms with van der Waals surface area (Å²) in [5, 5.41) is 3.87. The summed E-state index contributed by atoms with van der Waals surface area (Å²) in [5.41, 5.74) is 2.09. The van der Waals surface area contributed by atoms with Crippen molar-refractivity contribution in [2.45, 2.75) is 52.6 Å². The highest BCUT2D eigenvalue weighted by Crippen LogP contribution is 2.65. The van der Waals surface area contributed by atoms with Crippen LogP contribution in [0, 0.1) is 16.7 Å². The summed E-state index contributed by atoms with van der Waals surface area (Å²) in [7, 11) is 4.13. The molecular formula is C27H40N6. The van der Waals surface area contributed by atoms with Crippen LogP contribution >= 0.6 is 0 Å². The van der Waals surface area contributed by atoms with Crippen molar-refractivity contribution in [3.63, 3.8) is 0 Å². The van der Waals surface area contributed by atoms with E-state index in [1.165, 1.54) is 24.8 Å². The number of anilines is 3. The van der Waals surface area contributed by atoms with Gasteiger partial charge in [-0.15, -0.1) is 0 Å². The average Bonchev–Trinajstić information content (AvgIpc) is 3.14. The van der Waals surface area contributed by atoms with Crippen LogP contribution in [-0.4, -0.2) is 61.2 Å². The first-order valence-electron chi connectivity index (χ1n) is 12.6. The molecular weight excluding hydrogens is 408 g/mol. The van der Waals surface area contributed by atoms with Crippen molar-refractivity contribution < 1.29 is 0 Å². The molecule has 1 aromatic carbocycles. The van der Waals surface area contributed by atoms with Gasteiger partial charge < -0.3 is 15.1 Å². The van der Waals surface area contributed by atoms with Gasteiger partial charge in [-0.1, -0.05) is 51.1 Å². The molecule has 2 aliphatic carbocycles. The van der Waals surface area contributed by atoms with Crippen LogP contribution in [0.4, 0.5) is 17.6 Å². The van der Waals surface area contributed by atoms with E-state index in [1.807, 2.05) is 0 Å². The fourth-order valence-corrected chi connectivity index (χ4v) is 6.41. The summed E-state index contributed by atoms with van der Waals surface area (Å²) < 4.78 is 0. The summed E-state index contributed by atoms with van der Waals surface area (Å²) in [6.07, 6.45) is 3.93. The molecule has 33 heavy (non-hydrogen) atoms. The van der Waals surface area contributed by atoms with Crippen molar-refractivity contribution in [3.05, 3.63) is 42.0 Å². The summed E-state index contributed by atoms with van der Waals surface area (Å²) in [4.78, 5) is 16.9. The molecule has 3 fully saturated rings. The number of rotatable bonds is 6. The molecule has 2 saturated carbocycles. The fraction of sp³-hybridized carbons (Fsp3) is 0.630. The summed E-state index contributed by atoms with van der Waals surface area (Å²) in [6, 6.07) is 13.4. The van der Waals surface area contributed by atoms with E-state index in [4.69, 9.17) is 9.97 Å². The lowest BCUT2D eigenvalue weighted by Crippen LogP contribution is -2.46. The number of piperazine rings is 1.